The third kappa shape index (κ3) is 7.01. The predicted octanol–water partition coefficient (Wildman–Crippen LogP) is 8.42. The molecule has 0 aliphatic rings. The van der Waals surface area contributed by atoms with Gasteiger partial charge in [-0.25, -0.2) is 4.57 Å². The molecule has 5 aromatic rings. The van der Waals surface area contributed by atoms with Crippen LogP contribution in [0.25, 0.3) is 0 Å². The van der Waals surface area contributed by atoms with Gasteiger partial charge in [0.2, 0.25) is 0 Å². The smallest absolute Gasteiger partial charge is 0.380 e. The van der Waals surface area contributed by atoms with Crippen LogP contribution in [-0.2, 0) is 23.6 Å². The van der Waals surface area contributed by atoms with Gasteiger partial charge in [-0.3, -0.25) is 0 Å². The Balaban J connectivity index is 1.57. The van der Waals surface area contributed by atoms with E-state index in [0.717, 1.165) is 39.3 Å². The molecule has 1 atom stereocenters. The summed E-state index contributed by atoms with van der Waals surface area (Å²) in [5, 5.41) is 0. The van der Waals surface area contributed by atoms with Gasteiger partial charge in [0.15, 0.2) is 0 Å². The summed E-state index contributed by atoms with van der Waals surface area (Å²) in [5.41, 5.74) is 4.87. The Morgan fingerprint density at radius 3 is 1.45 bits per heavy atom. The van der Waals surface area contributed by atoms with Crippen molar-refractivity contribution in [2.45, 2.75) is 19.0 Å². The summed E-state index contributed by atoms with van der Waals surface area (Å²) in [5.74, 6) is 1.88. The van der Waals surface area contributed by atoms with E-state index in [1.54, 1.807) is 24.3 Å². The molecule has 0 amide bonds. The first kappa shape index (κ1) is 25.5. The molecule has 0 spiro atoms. The van der Waals surface area contributed by atoms with E-state index in [-0.39, 0.29) is 6.16 Å². The van der Waals surface area contributed by atoms with E-state index in [4.69, 9.17) is 9.26 Å². The Kier molecular flexibility index (Phi) is 8.04. The van der Waals surface area contributed by atoms with Gasteiger partial charge in [-0.05, 0) is 52.1 Å². The Bertz CT molecular complexity index is 1440. The maximum atomic E-state index is 13.2. The SMILES string of the molecule is O=P(O)(Cc1cc(Cc2ccccc2)c(Oc2ccccc2)c(Cc2ccccc2)c1)Oc1ccccc1. The van der Waals surface area contributed by atoms with Crippen molar-refractivity contribution in [3.05, 3.63) is 161 Å². The van der Waals surface area contributed by atoms with Crippen molar-refractivity contribution in [3.8, 4) is 17.2 Å². The normalized spacial score (nSPS) is 12.4. The van der Waals surface area contributed by atoms with Crippen LogP contribution in [-0.4, -0.2) is 4.89 Å². The fourth-order valence-corrected chi connectivity index (χ4v) is 5.62. The quantitative estimate of drug-likeness (QED) is 0.188. The van der Waals surface area contributed by atoms with E-state index in [9.17, 15) is 9.46 Å². The van der Waals surface area contributed by atoms with Gasteiger partial charge < -0.3 is 14.2 Å². The van der Waals surface area contributed by atoms with E-state index in [1.807, 2.05) is 84.9 Å². The van der Waals surface area contributed by atoms with Crippen molar-refractivity contribution < 1.29 is 18.7 Å². The average molecular weight is 521 g/mol. The number of hydrogen-bond donors (Lipinski definition) is 1. The maximum absolute atomic E-state index is 13.2. The number of ether oxygens (including phenoxy) is 1. The molecule has 5 heteroatoms. The summed E-state index contributed by atoms with van der Waals surface area (Å²) in [6, 6.07) is 42.7. The van der Waals surface area contributed by atoms with Gasteiger partial charge in [-0.15, -0.1) is 0 Å². The first-order valence-corrected chi connectivity index (χ1v) is 14.3. The molecule has 5 aromatic carbocycles. The summed E-state index contributed by atoms with van der Waals surface area (Å²) in [6.07, 6.45) is 1.12. The molecule has 0 saturated carbocycles. The van der Waals surface area contributed by atoms with Crippen LogP contribution in [0.2, 0.25) is 0 Å². The zero-order valence-corrected chi connectivity index (χ0v) is 21.8. The number of benzene rings is 5. The van der Waals surface area contributed by atoms with Gasteiger partial charge in [0.05, 0.1) is 6.16 Å². The summed E-state index contributed by atoms with van der Waals surface area (Å²) >= 11 is 0. The van der Waals surface area contributed by atoms with E-state index in [0.29, 0.717) is 18.6 Å². The highest BCUT2D eigenvalue weighted by Crippen LogP contribution is 2.47. The molecule has 0 saturated heterocycles. The van der Waals surface area contributed by atoms with E-state index in [1.165, 1.54) is 0 Å². The van der Waals surface area contributed by atoms with Crippen LogP contribution in [0.4, 0.5) is 0 Å². The largest absolute Gasteiger partial charge is 0.457 e. The zero-order valence-electron chi connectivity index (χ0n) is 20.9. The van der Waals surface area contributed by atoms with E-state index in [2.05, 4.69) is 24.3 Å². The first-order chi connectivity index (χ1) is 18.5. The molecule has 0 aliphatic heterocycles. The van der Waals surface area contributed by atoms with Crippen molar-refractivity contribution in [2.75, 3.05) is 0 Å². The van der Waals surface area contributed by atoms with Crippen molar-refractivity contribution >= 4 is 7.60 Å². The van der Waals surface area contributed by atoms with Gasteiger partial charge >= 0.3 is 7.60 Å². The molecule has 190 valence electrons. The topological polar surface area (TPSA) is 55.8 Å². The van der Waals surface area contributed by atoms with Crippen molar-refractivity contribution in [3.63, 3.8) is 0 Å². The lowest BCUT2D eigenvalue weighted by atomic mass is 9.95. The molecule has 1 N–H and O–H groups in total. The van der Waals surface area contributed by atoms with E-state index < -0.39 is 7.60 Å². The number of hydrogen-bond acceptors (Lipinski definition) is 3. The standard InChI is InChI=1S/C33H29O4P/c34-38(35,37-32-19-11-4-12-20-32)25-28-23-29(21-26-13-5-1-6-14-26)33(36-31-17-9-3-10-18-31)30(24-28)22-27-15-7-2-8-16-27/h1-20,23-24H,21-22,25H2,(H,34,35). The minimum atomic E-state index is -3.96. The minimum Gasteiger partial charge on any atom is -0.457 e. The van der Waals surface area contributed by atoms with Crippen molar-refractivity contribution in [1.82, 2.24) is 0 Å². The van der Waals surface area contributed by atoms with Crippen LogP contribution in [0.1, 0.15) is 27.8 Å². The molecular formula is C33H29O4P. The molecule has 0 aliphatic carbocycles. The van der Waals surface area contributed by atoms with Gasteiger partial charge in [-0.2, -0.15) is 0 Å². The minimum absolute atomic E-state index is 0.114. The van der Waals surface area contributed by atoms with Crippen LogP contribution in [0, 0.1) is 0 Å². The average Bonchev–Trinajstić information content (AvgIpc) is 2.92. The van der Waals surface area contributed by atoms with Gasteiger partial charge in [0.1, 0.15) is 17.2 Å². The van der Waals surface area contributed by atoms with Crippen LogP contribution in [0.5, 0.6) is 17.2 Å². The number of rotatable bonds is 10. The van der Waals surface area contributed by atoms with Crippen molar-refractivity contribution in [1.29, 1.82) is 0 Å². The second-order valence-corrected chi connectivity index (χ2v) is 11.0. The Morgan fingerprint density at radius 2 is 0.974 bits per heavy atom. The lowest BCUT2D eigenvalue weighted by molar-refractivity contribution is 0.378. The van der Waals surface area contributed by atoms with Crippen LogP contribution in [0.15, 0.2) is 133 Å². The Hall–Kier alpha value is -4.11. The molecule has 0 aromatic heterocycles. The van der Waals surface area contributed by atoms with Crippen LogP contribution in [0.3, 0.4) is 0 Å². The third-order valence-electron chi connectivity index (χ3n) is 6.11. The van der Waals surface area contributed by atoms with Gasteiger partial charge in [0, 0.05) is 12.8 Å². The third-order valence-corrected chi connectivity index (χ3v) is 7.37. The zero-order chi connectivity index (χ0) is 26.2. The van der Waals surface area contributed by atoms with Gasteiger partial charge in [0.25, 0.3) is 0 Å². The molecule has 0 fully saturated rings. The highest BCUT2D eigenvalue weighted by atomic mass is 31.2. The van der Waals surface area contributed by atoms with Crippen LogP contribution < -0.4 is 9.26 Å². The summed E-state index contributed by atoms with van der Waals surface area (Å²) in [6.45, 7) is 0. The highest BCUT2D eigenvalue weighted by Gasteiger charge is 2.24. The molecule has 0 bridgehead atoms. The molecule has 4 nitrogen and oxygen atoms in total. The molecule has 0 radical (unpaired) electrons. The van der Waals surface area contributed by atoms with Crippen LogP contribution >= 0.6 is 7.60 Å². The molecule has 0 heterocycles. The fraction of sp³-hybridized carbons (Fsp3) is 0.0909. The summed E-state index contributed by atoms with van der Waals surface area (Å²) in [7, 11) is -3.96. The fourth-order valence-electron chi connectivity index (χ4n) is 4.46. The summed E-state index contributed by atoms with van der Waals surface area (Å²) < 4.78 is 25.2. The molecule has 38 heavy (non-hydrogen) atoms. The second-order valence-electron chi connectivity index (χ2n) is 9.18. The molecule has 5 rings (SSSR count). The monoisotopic (exact) mass is 520 g/mol. The second kappa shape index (κ2) is 12.0. The lowest BCUT2D eigenvalue weighted by Crippen LogP contribution is -2.04. The van der Waals surface area contributed by atoms with Gasteiger partial charge in [-0.1, -0.05) is 109 Å². The predicted molar refractivity (Wildman–Crippen MR) is 152 cm³/mol. The molecule has 1 unspecified atom stereocenters. The Labute approximate surface area is 223 Å². The first-order valence-electron chi connectivity index (χ1n) is 12.6. The molecular weight excluding hydrogens is 491 g/mol. The number of para-hydroxylation sites is 2. The summed E-state index contributed by atoms with van der Waals surface area (Å²) in [4.78, 5) is 10.8. The lowest BCUT2D eigenvalue weighted by Gasteiger charge is -2.20. The highest BCUT2D eigenvalue weighted by molar-refractivity contribution is 7.52. The van der Waals surface area contributed by atoms with E-state index >= 15 is 0 Å². The van der Waals surface area contributed by atoms with Crippen molar-refractivity contribution in [2.24, 2.45) is 0 Å². The maximum Gasteiger partial charge on any atom is 0.380 e. The Morgan fingerprint density at radius 1 is 0.553 bits per heavy atom.